The molecular formula is C13H20N2O3S. The van der Waals surface area contributed by atoms with Crippen LogP contribution in [0.2, 0.25) is 0 Å². The Labute approximate surface area is 114 Å². The molecule has 0 aliphatic heterocycles. The van der Waals surface area contributed by atoms with Crippen LogP contribution in [0, 0.1) is 13.8 Å². The van der Waals surface area contributed by atoms with Gasteiger partial charge in [-0.3, -0.25) is 4.79 Å². The summed E-state index contributed by atoms with van der Waals surface area (Å²) < 4.78 is 24.1. The lowest BCUT2D eigenvalue weighted by molar-refractivity contribution is -0.116. The van der Waals surface area contributed by atoms with Crippen LogP contribution in [0.25, 0.3) is 0 Å². The third kappa shape index (κ3) is 4.65. The Morgan fingerprint density at radius 3 is 2.21 bits per heavy atom. The number of nitrogens with one attached hydrogen (secondary N) is 1. The third-order valence-corrected chi connectivity index (χ3v) is 4.52. The van der Waals surface area contributed by atoms with E-state index in [1.807, 2.05) is 32.0 Å². The molecule has 1 amide bonds. The maximum absolute atomic E-state index is 11.8. The molecule has 0 atom stereocenters. The number of hydrogen-bond acceptors (Lipinski definition) is 3. The molecule has 0 spiro atoms. The molecule has 5 nitrogen and oxygen atoms in total. The molecule has 0 radical (unpaired) electrons. The number of nitrogens with zero attached hydrogens (tertiary/aromatic N) is 1. The van der Waals surface area contributed by atoms with Crippen LogP contribution in [0.5, 0.6) is 0 Å². The lowest BCUT2D eigenvalue weighted by atomic mass is 10.1. The van der Waals surface area contributed by atoms with Crippen LogP contribution in [0.15, 0.2) is 18.2 Å². The molecule has 0 unspecified atom stereocenters. The van der Waals surface area contributed by atoms with Crippen LogP contribution >= 0.6 is 0 Å². The maximum Gasteiger partial charge on any atom is 0.239 e. The highest BCUT2D eigenvalue weighted by Gasteiger charge is 2.18. The zero-order valence-corrected chi connectivity index (χ0v) is 12.5. The minimum Gasteiger partial charge on any atom is -0.325 e. The number of amides is 1. The molecule has 0 aromatic heterocycles. The van der Waals surface area contributed by atoms with E-state index in [9.17, 15) is 13.2 Å². The summed E-state index contributed by atoms with van der Waals surface area (Å²) in [6.45, 7) is 5.25. The summed E-state index contributed by atoms with van der Waals surface area (Å²) in [6, 6.07) is 5.70. The molecule has 1 rings (SSSR count). The van der Waals surface area contributed by atoms with E-state index in [1.165, 1.54) is 7.05 Å². The van der Waals surface area contributed by atoms with Crippen molar-refractivity contribution in [3.8, 4) is 0 Å². The van der Waals surface area contributed by atoms with Crippen LogP contribution in [0.3, 0.4) is 0 Å². The molecule has 0 aliphatic rings. The predicted octanol–water partition coefficient (Wildman–Crippen LogP) is 1.52. The van der Waals surface area contributed by atoms with Gasteiger partial charge in [-0.25, -0.2) is 8.42 Å². The molecule has 106 valence electrons. The third-order valence-electron chi connectivity index (χ3n) is 2.71. The first-order valence-corrected chi connectivity index (χ1v) is 7.67. The van der Waals surface area contributed by atoms with E-state index < -0.39 is 10.0 Å². The normalized spacial score (nSPS) is 11.6. The van der Waals surface area contributed by atoms with Crippen LogP contribution in [-0.4, -0.2) is 38.0 Å². The first-order valence-electron chi connectivity index (χ1n) is 6.06. The molecular weight excluding hydrogens is 264 g/mol. The number of aryl methyl sites for hydroxylation is 2. The van der Waals surface area contributed by atoms with Gasteiger partial charge >= 0.3 is 0 Å². The largest absolute Gasteiger partial charge is 0.325 e. The Kier molecular flexibility index (Phi) is 5.08. The average molecular weight is 284 g/mol. The van der Waals surface area contributed by atoms with Gasteiger partial charge in [-0.05, 0) is 44.0 Å². The molecule has 1 N–H and O–H groups in total. The quantitative estimate of drug-likeness (QED) is 0.891. The molecule has 0 aliphatic carbocycles. The Bertz CT molecular complexity index is 547. The highest BCUT2D eigenvalue weighted by molar-refractivity contribution is 7.89. The number of sulfonamides is 1. The van der Waals surface area contributed by atoms with E-state index in [-0.39, 0.29) is 18.2 Å². The van der Waals surface area contributed by atoms with Gasteiger partial charge in [0.2, 0.25) is 15.9 Å². The van der Waals surface area contributed by atoms with E-state index in [0.29, 0.717) is 5.69 Å². The number of anilines is 1. The van der Waals surface area contributed by atoms with Crippen molar-refractivity contribution in [2.75, 3.05) is 24.7 Å². The molecule has 1 aromatic rings. The first-order chi connectivity index (χ1) is 8.74. The summed E-state index contributed by atoms with van der Waals surface area (Å²) in [5.41, 5.74) is 2.78. The van der Waals surface area contributed by atoms with Gasteiger partial charge in [0.05, 0.1) is 12.3 Å². The average Bonchev–Trinajstić information content (AvgIpc) is 2.27. The fraction of sp³-hybridized carbons (Fsp3) is 0.462. The van der Waals surface area contributed by atoms with E-state index >= 15 is 0 Å². The van der Waals surface area contributed by atoms with Crippen molar-refractivity contribution in [1.29, 1.82) is 0 Å². The highest BCUT2D eigenvalue weighted by Crippen LogP contribution is 2.13. The number of hydrogen-bond donors (Lipinski definition) is 1. The van der Waals surface area contributed by atoms with Gasteiger partial charge < -0.3 is 5.32 Å². The fourth-order valence-electron chi connectivity index (χ4n) is 1.77. The van der Waals surface area contributed by atoms with Crippen molar-refractivity contribution >= 4 is 21.6 Å². The van der Waals surface area contributed by atoms with Crippen LogP contribution in [0.1, 0.15) is 18.1 Å². The second-order valence-electron chi connectivity index (χ2n) is 4.58. The van der Waals surface area contributed by atoms with Crippen LogP contribution in [-0.2, 0) is 14.8 Å². The van der Waals surface area contributed by atoms with Crippen molar-refractivity contribution in [2.24, 2.45) is 0 Å². The number of benzene rings is 1. The molecule has 0 saturated heterocycles. The second-order valence-corrected chi connectivity index (χ2v) is 6.95. The highest BCUT2D eigenvalue weighted by atomic mass is 32.2. The van der Waals surface area contributed by atoms with E-state index in [0.717, 1.165) is 15.4 Å². The van der Waals surface area contributed by atoms with Gasteiger partial charge in [0.25, 0.3) is 0 Å². The van der Waals surface area contributed by atoms with Crippen molar-refractivity contribution in [2.45, 2.75) is 20.8 Å². The van der Waals surface area contributed by atoms with Gasteiger partial charge in [-0.15, -0.1) is 0 Å². The van der Waals surface area contributed by atoms with Crippen LogP contribution in [0.4, 0.5) is 5.69 Å². The standard InChI is InChI=1S/C13H20N2O3S/c1-5-19(17,18)15(4)9-13(16)14-12-7-10(2)6-11(3)8-12/h6-8H,5,9H2,1-4H3,(H,14,16). The first kappa shape index (κ1) is 15.7. The Hall–Kier alpha value is -1.40. The van der Waals surface area contributed by atoms with Crippen LogP contribution < -0.4 is 5.32 Å². The number of carbonyl (C=O) groups excluding carboxylic acids is 1. The van der Waals surface area contributed by atoms with Crippen molar-refractivity contribution in [1.82, 2.24) is 4.31 Å². The lowest BCUT2D eigenvalue weighted by Gasteiger charge is -2.15. The predicted molar refractivity (Wildman–Crippen MR) is 76.6 cm³/mol. The van der Waals surface area contributed by atoms with Crippen molar-refractivity contribution < 1.29 is 13.2 Å². The van der Waals surface area contributed by atoms with E-state index in [1.54, 1.807) is 6.92 Å². The zero-order chi connectivity index (χ0) is 14.6. The smallest absolute Gasteiger partial charge is 0.239 e. The van der Waals surface area contributed by atoms with E-state index in [2.05, 4.69) is 5.32 Å². The second kappa shape index (κ2) is 6.16. The van der Waals surface area contributed by atoms with Crippen molar-refractivity contribution in [3.05, 3.63) is 29.3 Å². The number of carbonyl (C=O) groups is 1. The summed E-state index contributed by atoms with van der Waals surface area (Å²) in [5, 5.41) is 2.71. The summed E-state index contributed by atoms with van der Waals surface area (Å²) in [6.07, 6.45) is 0. The minimum absolute atomic E-state index is 0.0136. The van der Waals surface area contributed by atoms with Gasteiger partial charge in [-0.1, -0.05) is 6.07 Å². The van der Waals surface area contributed by atoms with Gasteiger partial charge in [0.1, 0.15) is 0 Å². The van der Waals surface area contributed by atoms with Gasteiger partial charge in [-0.2, -0.15) is 4.31 Å². The molecule has 0 fully saturated rings. The molecule has 0 heterocycles. The molecule has 1 aromatic carbocycles. The topological polar surface area (TPSA) is 66.5 Å². The lowest BCUT2D eigenvalue weighted by Crippen LogP contribution is -2.35. The SMILES string of the molecule is CCS(=O)(=O)N(C)CC(=O)Nc1cc(C)cc(C)c1. The monoisotopic (exact) mass is 284 g/mol. The Balaban J connectivity index is 2.71. The molecule has 6 heteroatoms. The number of rotatable bonds is 5. The molecule has 0 saturated carbocycles. The fourth-order valence-corrected chi connectivity index (χ4v) is 2.52. The summed E-state index contributed by atoms with van der Waals surface area (Å²) >= 11 is 0. The van der Waals surface area contributed by atoms with Gasteiger partial charge in [0, 0.05) is 12.7 Å². The minimum atomic E-state index is -3.33. The summed E-state index contributed by atoms with van der Waals surface area (Å²) in [5.74, 6) is -0.357. The maximum atomic E-state index is 11.8. The van der Waals surface area contributed by atoms with Gasteiger partial charge in [0.15, 0.2) is 0 Å². The zero-order valence-electron chi connectivity index (χ0n) is 11.7. The summed E-state index contributed by atoms with van der Waals surface area (Å²) in [4.78, 5) is 11.8. The Morgan fingerprint density at radius 1 is 1.21 bits per heavy atom. The number of likely N-dealkylation sites (N-methyl/N-ethyl adjacent to an activating group) is 1. The molecule has 0 bridgehead atoms. The van der Waals surface area contributed by atoms with E-state index in [4.69, 9.17) is 0 Å². The summed E-state index contributed by atoms with van der Waals surface area (Å²) in [7, 11) is -1.93. The Morgan fingerprint density at radius 2 is 1.74 bits per heavy atom. The van der Waals surface area contributed by atoms with Crippen molar-refractivity contribution in [3.63, 3.8) is 0 Å². The molecule has 19 heavy (non-hydrogen) atoms.